The van der Waals surface area contributed by atoms with Gasteiger partial charge in [0.15, 0.2) is 5.12 Å². The molecular formula is C60H95N3O19S5. The Hall–Kier alpha value is -4.22. The number of benzene rings is 1. The summed E-state index contributed by atoms with van der Waals surface area (Å²) in [5, 5.41) is 36.1. The summed E-state index contributed by atoms with van der Waals surface area (Å²) in [4.78, 5) is 133. The predicted octanol–water partition coefficient (Wildman–Crippen LogP) is 8.39. The number of hydrogen-bond acceptors (Lipinski definition) is 20. The van der Waals surface area contributed by atoms with Crippen LogP contribution < -0.4 is 20.7 Å². The number of carbonyl (C=O) groups excluding carboxylic acids is 8. The first kappa shape index (κ1) is 80.8. The minimum Gasteiger partial charge on any atom is -0.494 e. The summed E-state index contributed by atoms with van der Waals surface area (Å²) in [6, 6.07) is 5.17. The lowest BCUT2D eigenvalue weighted by Gasteiger charge is -2.17. The number of carboxylic acid groups (broad SMARTS) is 3. The molecule has 0 aliphatic carbocycles. The number of unbranched alkanes of at least 4 members (excludes halogenated alkanes) is 8. The van der Waals surface area contributed by atoms with Crippen molar-refractivity contribution in [1.82, 2.24) is 16.0 Å². The second-order valence-electron chi connectivity index (χ2n) is 21.3. The largest absolute Gasteiger partial charge is 0.494 e. The van der Waals surface area contributed by atoms with E-state index in [2.05, 4.69) is 28.6 Å². The zero-order valence-electron chi connectivity index (χ0n) is 51.1. The lowest BCUT2D eigenvalue weighted by Crippen LogP contribution is -2.41. The first-order valence-electron chi connectivity index (χ1n) is 30.0. The van der Waals surface area contributed by atoms with E-state index in [-0.39, 0.29) is 168 Å². The molecule has 0 aliphatic heterocycles. The molecule has 0 unspecified atom stereocenters. The molecule has 0 saturated carbocycles. The number of rotatable bonds is 59. The van der Waals surface area contributed by atoms with Gasteiger partial charge in [0.1, 0.15) is 48.1 Å². The highest BCUT2D eigenvalue weighted by Crippen LogP contribution is 2.31. The monoisotopic (exact) mass is 1320 g/mol. The first-order valence-corrected chi connectivity index (χ1v) is 35.4. The van der Waals surface area contributed by atoms with Gasteiger partial charge < -0.3 is 55.0 Å². The number of Topliss-reactive ketones (excluding diaryl/α,β-unsaturated/α-hetero) is 4. The van der Waals surface area contributed by atoms with Crippen molar-refractivity contribution < 1.29 is 91.7 Å². The molecule has 0 fully saturated rings. The average Bonchev–Trinajstić information content (AvgIpc) is 3.68. The topological polar surface area (TPSA) is 331 Å². The van der Waals surface area contributed by atoms with Gasteiger partial charge in [-0.25, -0.2) is 9.59 Å². The van der Waals surface area contributed by atoms with Crippen LogP contribution >= 0.6 is 55.8 Å². The summed E-state index contributed by atoms with van der Waals surface area (Å²) in [5.74, 6) is -4.14. The van der Waals surface area contributed by atoms with Crippen molar-refractivity contribution in [2.75, 3.05) is 95.6 Å². The van der Waals surface area contributed by atoms with Crippen LogP contribution in [0.15, 0.2) is 24.3 Å². The van der Waals surface area contributed by atoms with Crippen molar-refractivity contribution >= 4 is 120 Å². The van der Waals surface area contributed by atoms with E-state index in [1.54, 1.807) is 26.0 Å². The lowest BCUT2D eigenvalue weighted by atomic mass is 9.92. The molecule has 1 rings (SSSR count). The van der Waals surface area contributed by atoms with Crippen LogP contribution in [0.4, 0.5) is 0 Å². The maximum Gasteiger partial charge on any atom is 0.335 e. The van der Waals surface area contributed by atoms with Crippen LogP contribution in [0.25, 0.3) is 0 Å². The van der Waals surface area contributed by atoms with Gasteiger partial charge in [0, 0.05) is 98.5 Å². The third-order valence-electron chi connectivity index (χ3n) is 13.6. The Kier molecular flexibility index (Phi) is 47.8. The second-order valence-corrected chi connectivity index (χ2v) is 26.8. The van der Waals surface area contributed by atoms with Gasteiger partial charge >= 0.3 is 17.9 Å². The van der Waals surface area contributed by atoms with Crippen LogP contribution in [0.1, 0.15) is 154 Å². The number of hydrogen-bond donors (Lipinski definition) is 7. The Morgan fingerprint density at radius 2 is 1.01 bits per heavy atom. The van der Waals surface area contributed by atoms with Gasteiger partial charge in [0.05, 0.1) is 51.1 Å². The average molecular weight is 1320 g/mol. The van der Waals surface area contributed by atoms with Crippen LogP contribution in [-0.2, 0) is 66.9 Å². The third-order valence-corrected chi connectivity index (χ3v) is 19.4. The van der Waals surface area contributed by atoms with E-state index in [0.717, 1.165) is 44.9 Å². The summed E-state index contributed by atoms with van der Waals surface area (Å²) >= 11 is 3.84. The SMILES string of the molecule is CC(=O)[C@H](CSSC[C@H](C)C(=O)C[C@@H](CCCCNC(=O)COCCOCCNC(=O)COCCOCCCC(=O)CC[C@H](NC(=O)CCCCCCCCCCOc1ccc(C(=O)O)cc1)C(=O)O)C(=O)O)CC(=O)[C@@H](C)CSSC[C@H](C)C(=O)S. The maximum atomic E-state index is 13.0. The molecule has 0 saturated heterocycles. The minimum absolute atomic E-state index is 0.000296. The number of ether oxygens (including phenoxy) is 5. The molecule has 87 heavy (non-hydrogen) atoms. The zero-order valence-corrected chi connectivity index (χ0v) is 55.2. The lowest BCUT2D eigenvalue weighted by molar-refractivity contribution is -0.144. The molecule has 6 N–H and O–H groups in total. The Morgan fingerprint density at radius 1 is 0.494 bits per heavy atom. The molecule has 27 heteroatoms. The summed E-state index contributed by atoms with van der Waals surface area (Å²) < 4.78 is 27.2. The number of nitrogens with one attached hydrogen (secondary N) is 3. The Labute approximate surface area is 534 Å². The summed E-state index contributed by atoms with van der Waals surface area (Å²) in [7, 11) is 5.88. The van der Waals surface area contributed by atoms with E-state index in [1.165, 1.54) is 62.2 Å². The smallest absolute Gasteiger partial charge is 0.335 e. The summed E-state index contributed by atoms with van der Waals surface area (Å²) in [6.07, 6.45) is 9.63. The van der Waals surface area contributed by atoms with E-state index < -0.39 is 41.7 Å². The van der Waals surface area contributed by atoms with Crippen LogP contribution in [0.3, 0.4) is 0 Å². The fourth-order valence-electron chi connectivity index (χ4n) is 7.89. The van der Waals surface area contributed by atoms with Crippen molar-refractivity contribution in [3.63, 3.8) is 0 Å². The molecule has 22 nitrogen and oxygen atoms in total. The van der Waals surface area contributed by atoms with E-state index >= 15 is 0 Å². The molecule has 3 amide bonds. The van der Waals surface area contributed by atoms with Crippen molar-refractivity contribution in [1.29, 1.82) is 0 Å². The summed E-state index contributed by atoms with van der Waals surface area (Å²) in [5.41, 5.74) is 0.216. The molecule has 0 bridgehead atoms. The van der Waals surface area contributed by atoms with Gasteiger partial charge in [-0.05, 0) is 69.7 Å². The van der Waals surface area contributed by atoms with Gasteiger partial charge in [-0.3, -0.25) is 43.2 Å². The van der Waals surface area contributed by atoms with E-state index in [9.17, 15) is 63.0 Å². The Balaban J connectivity index is 2.03. The fourth-order valence-corrected chi connectivity index (χ4v) is 13.6. The molecule has 1 aromatic carbocycles. The number of amides is 3. The molecule has 0 heterocycles. The van der Waals surface area contributed by atoms with Gasteiger partial charge in [0.25, 0.3) is 0 Å². The number of thiol groups is 1. The summed E-state index contributed by atoms with van der Waals surface area (Å²) in [6.45, 7) is 8.68. The van der Waals surface area contributed by atoms with E-state index in [4.69, 9.17) is 28.8 Å². The van der Waals surface area contributed by atoms with Gasteiger partial charge in [-0.15, -0.1) is 12.6 Å². The molecule has 0 radical (unpaired) electrons. The molecule has 1 aromatic rings. The number of ketones is 4. The number of aliphatic carboxylic acids is 2. The number of carboxylic acids is 3. The van der Waals surface area contributed by atoms with Crippen LogP contribution in [-0.4, -0.2) is 181 Å². The molecule has 6 atom stereocenters. The van der Waals surface area contributed by atoms with Crippen molar-refractivity contribution in [3.05, 3.63) is 29.8 Å². The first-order chi connectivity index (χ1) is 41.6. The van der Waals surface area contributed by atoms with Crippen LogP contribution in [0.2, 0.25) is 0 Å². The van der Waals surface area contributed by atoms with Crippen molar-refractivity contribution in [2.45, 2.75) is 149 Å². The van der Waals surface area contributed by atoms with Gasteiger partial charge in [-0.1, -0.05) is 109 Å². The molecular weight excluding hydrogens is 1230 g/mol. The Bertz CT molecular complexity index is 2210. The van der Waals surface area contributed by atoms with Crippen molar-refractivity contribution in [3.8, 4) is 5.75 Å². The quantitative estimate of drug-likeness (QED) is 0.0183. The highest BCUT2D eigenvalue weighted by molar-refractivity contribution is 8.77. The normalized spacial score (nSPS) is 13.3. The van der Waals surface area contributed by atoms with Crippen LogP contribution in [0.5, 0.6) is 5.75 Å². The molecule has 0 spiro atoms. The fraction of sp³-hybridized carbons (Fsp3) is 0.717. The molecule has 0 aromatic heterocycles. The van der Waals surface area contributed by atoms with Crippen LogP contribution in [0, 0.1) is 29.6 Å². The predicted molar refractivity (Wildman–Crippen MR) is 342 cm³/mol. The standard InChI is InChI=1S/C60H95N3O19S5/c1-42(39-85-87-41-48(45(4)64)35-53(67)43(2)38-84-86-40-44(3)60(77)83)52(66)34-47(58(73)74)16-12-13-25-61-55(69)36-81-33-31-79-29-26-62-56(70)37-80-32-30-78-27-15-17-49(65)21-24-51(59(75)76)63-54(68)18-11-9-7-5-6-8-10-14-28-82-50-22-19-46(20-23-50)57(71)72/h19-20,22-23,42-44,47-48,51H,5-18,21,24-41H2,1-4H3,(H,61,69)(H,62,70)(H,63,68)(H,71,72)(H,73,74)(H,75,76)(H,77,83)/t42-,43-,44-,47+,48-,51-/m0/s1. The molecule has 494 valence electrons. The third kappa shape index (κ3) is 44.0. The molecule has 0 aliphatic rings. The van der Waals surface area contributed by atoms with Gasteiger partial charge in [0.2, 0.25) is 17.7 Å². The van der Waals surface area contributed by atoms with Gasteiger partial charge in [-0.2, -0.15) is 0 Å². The highest BCUT2D eigenvalue weighted by atomic mass is 33.1. The Morgan fingerprint density at radius 3 is 1.56 bits per heavy atom. The zero-order chi connectivity index (χ0) is 64.6. The van der Waals surface area contributed by atoms with E-state index in [1.807, 2.05) is 6.92 Å². The maximum absolute atomic E-state index is 13.0. The number of aromatic carboxylic acids is 1. The minimum atomic E-state index is -1.19. The highest BCUT2D eigenvalue weighted by Gasteiger charge is 2.26. The second kappa shape index (κ2) is 51.5. The number of carbonyl (C=O) groups is 11. The van der Waals surface area contributed by atoms with E-state index in [0.29, 0.717) is 67.6 Å². The van der Waals surface area contributed by atoms with Crippen molar-refractivity contribution in [2.24, 2.45) is 29.6 Å².